The molecule has 0 saturated carbocycles. The summed E-state index contributed by atoms with van der Waals surface area (Å²) in [5, 5.41) is 9.69. The Hall–Kier alpha value is -1.11. The molecule has 1 aromatic heterocycles. The van der Waals surface area contributed by atoms with Gasteiger partial charge in [0.15, 0.2) is 0 Å². The highest BCUT2D eigenvalue weighted by Crippen LogP contribution is 2.34. The molecule has 0 spiro atoms. The Morgan fingerprint density at radius 1 is 1.39 bits per heavy atom. The lowest BCUT2D eigenvalue weighted by atomic mass is 9.91. The Labute approximate surface area is 116 Å². The first kappa shape index (κ1) is 13.3. The van der Waals surface area contributed by atoms with Gasteiger partial charge in [-0.1, -0.05) is 31.5 Å². The maximum atomic E-state index is 9.29. The Kier molecular flexibility index (Phi) is 3.89. The number of hydrogen-bond acceptors (Lipinski definition) is 3. The third-order valence-electron chi connectivity index (χ3n) is 3.25. The van der Waals surface area contributed by atoms with E-state index in [-0.39, 0.29) is 10.4 Å². The predicted octanol–water partition coefficient (Wildman–Crippen LogP) is 3.91. The average Bonchev–Trinajstić information content (AvgIpc) is 2.48. The van der Waals surface area contributed by atoms with Crippen molar-refractivity contribution in [3.63, 3.8) is 0 Å². The van der Waals surface area contributed by atoms with Crippen molar-refractivity contribution in [3.05, 3.63) is 27.8 Å². The van der Waals surface area contributed by atoms with Gasteiger partial charge in [0.2, 0.25) is 5.28 Å². The molecule has 94 valence electrons. The van der Waals surface area contributed by atoms with E-state index in [2.05, 4.69) is 29.9 Å². The molecule has 0 amide bonds. The molecule has 1 unspecified atom stereocenters. The van der Waals surface area contributed by atoms with Gasteiger partial charge >= 0.3 is 0 Å². The average molecular weight is 282 g/mol. The van der Waals surface area contributed by atoms with Crippen LogP contribution < -0.4 is 0 Å². The molecule has 0 fully saturated rings. The second kappa shape index (κ2) is 5.26. The molecule has 5 heteroatoms. The summed E-state index contributed by atoms with van der Waals surface area (Å²) >= 11 is 11.9. The summed E-state index contributed by atoms with van der Waals surface area (Å²) in [6.45, 7) is 4.29. The largest absolute Gasteiger partial charge is 0.224 e. The van der Waals surface area contributed by atoms with E-state index in [1.165, 1.54) is 0 Å². The van der Waals surface area contributed by atoms with Gasteiger partial charge in [-0.3, -0.25) is 0 Å². The number of fused-ring (bicyclic) bond motifs is 1. The van der Waals surface area contributed by atoms with E-state index in [1.807, 2.05) is 6.08 Å². The lowest BCUT2D eigenvalue weighted by Crippen LogP contribution is -2.06. The van der Waals surface area contributed by atoms with Crippen LogP contribution in [0.15, 0.2) is 6.08 Å². The zero-order valence-electron chi connectivity index (χ0n) is 10.2. The topological polar surface area (TPSA) is 49.6 Å². The maximum Gasteiger partial charge on any atom is 0.224 e. The van der Waals surface area contributed by atoms with E-state index >= 15 is 0 Å². The molecule has 0 saturated heterocycles. The van der Waals surface area contributed by atoms with E-state index in [0.29, 0.717) is 23.0 Å². The molecule has 1 aliphatic carbocycles. The molecular weight excluding hydrogens is 269 g/mol. The fraction of sp³-hybridized carbons (Fsp3) is 0.462. The number of aryl methyl sites for hydroxylation is 1. The second-order valence-corrected chi connectivity index (χ2v) is 5.44. The van der Waals surface area contributed by atoms with Crippen LogP contribution in [0, 0.1) is 23.2 Å². The maximum absolute atomic E-state index is 9.29. The minimum Gasteiger partial charge on any atom is -0.222 e. The molecule has 3 nitrogen and oxygen atoms in total. The van der Waals surface area contributed by atoms with Crippen molar-refractivity contribution in [1.82, 2.24) is 9.97 Å². The highest BCUT2D eigenvalue weighted by molar-refractivity contribution is 6.33. The first-order chi connectivity index (χ1) is 8.52. The van der Waals surface area contributed by atoms with Gasteiger partial charge in [0.25, 0.3) is 0 Å². The van der Waals surface area contributed by atoms with E-state index in [0.717, 1.165) is 18.5 Å². The van der Waals surface area contributed by atoms with Gasteiger partial charge in [0.1, 0.15) is 5.15 Å². The summed E-state index contributed by atoms with van der Waals surface area (Å²) in [5.41, 5.74) is 1.98. The molecule has 0 N–H and O–H groups in total. The van der Waals surface area contributed by atoms with Gasteiger partial charge in [-0.05, 0) is 36.3 Å². The van der Waals surface area contributed by atoms with Gasteiger partial charge in [0.05, 0.1) is 22.9 Å². The third-order valence-corrected chi connectivity index (χ3v) is 3.70. The standard InChI is InChI=1S/C13H13Cl2N3/c1-7(2)8-3-4-10-11(9(5-8)6-16)12(14)18-13(15)17-10/h5,7-8H,3-4H2,1-2H3. The fourth-order valence-electron chi connectivity index (χ4n) is 2.20. The van der Waals surface area contributed by atoms with Crippen molar-refractivity contribution < 1.29 is 0 Å². The number of hydrogen-bond donors (Lipinski definition) is 0. The molecule has 2 rings (SSSR count). The van der Waals surface area contributed by atoms with Crippen LogP contribution in [0.5, 0.6) is 0 Å². The van der Waals surface area contributed by atoms with E-state index in [9.17, 15) is 5.26 Å². The van der Waals surface area contributed by atoms with E-state index in [1.54, 1.807) is 0 Å². The van der Waals surface area contributed by atoms with Gasteiger partial charge in [-0.15, -0.1) is 0 Å². The Balaban J connectivity index is 2.57. The number of rotatable bonds is 1. The molecule has 0 radical (unpaired) electrons. The first-order valence-corrected chi connectivity index (χ1v) is 6.62. The van der Waals surface area contributed by atoms with Crippen LogP contribution in [0.2, 0.25) is 10.4 Å². The smallest absolute Gasteiger partial charge is 0.222 e. The summed E-state index contributed by atoms with van der Waals surface area (Å²) in [6, 6.07) is 2.20. The van der Waals surface area contributed by atoms with Crippen molar-refractivity contribution in [2.24, 2.45) is 11.8 Å². The quantitative estimate of drug-likeness (QED) is 0.579. The van der Waals surface area contributed by atoms with Crippen molar-refractivity contribution >= 4 is 28.8 Å². The number of nitriles is 1. The van der Waals surface area contributed by atoms with Gasteiger partial charge < -0.3 is 0 Å². The minimum absolute atomic E-state index is 0.138. The van der Waals surface area contributed by atoms with E-state index < -0.39 is 0 Å². The first-order valence-electron chi connectivity index (χ1n) is 5.87. The fourth-order valence-corrected chi connectivity index (χ4v) is 2.72. The Morgan fingerprint density at radius 2 is 2.11 bits per heavy atom. The Morgan fingerprint density at radius 3 is 2.72 bits per heavy atom. The van der Waals surface area contributed by atoms with Crippen molar-refractivity contribution in [3.8, 4) is 6.07 Å². The summed E-state index contributed by atoms with van der Waals surface area (Å²) in [7, 11) is 0. The zero-order valence-corrected chi connectivity index (χ0v) is 11.8. The molecule has 0 aromatic carbocycles. The van der Waals surface area contributed by atoms with Gasteiger partial charge in [-0.25, -0.2) is 9.97 Å². The summed E-state index contributed by atoms with van der Waals surface area (Å²) in [6.07, 6.45) is 3.70. The van der Waals surface area contributed by atoms with Crippen LogP contribution in [0.1, 0.15) is 31.5 Å². The highest BCUT2D eigenvalue weighted by atomic mass is 35.5. The molecule has 1 atom stereocenters. The normalized spacial score (nSPS) is 18.9. The molecule has 1 aromatic rings. The van der Waals surface area contributed by atoms with Crippen LogP contribution in [0.25, 0.3) is 5.57 Å². The minimum atomic E-state index is 0.138. The van der Waals surface area contributed by atoms with Crippen LogP contribution >= 0.6 is 23.2 Å². The van der Waals surface area contributed by atoms with Crippen molar-refractivity contribution in [2.45, 2.75) is 26.7 Å². The number of allylic oxidation sites excluding steroid dienone is 2. The second-order valence-electron chi connectivity index (χ2n) is 4.74. The number of aromatic nitrogens is 2. The summed E-state index contributed by atoms with van der Waals surface area (Å²) in [4.78, 5) is 8.13. The monoisotopic (exact) mass is 281 g/mol. The van der Waals surface area contributed by atoms with Crippen LogP contribution in [0.4, 0.5) is 0 Å². The summed E-state index contributed by atoms with van der Waals surface area (Å²) < 4.78 is 0. The predicted molar refractivity (Wildman–Crippen MR) is 72.3 cm³/mol. The highest BCUT2D eigenvalue weighted by Gasteiger charge is 2.23. The Bertz CT molecular complexity index is 544. The van der Waals surface area contributed by atoms with Crippen LogP contribution in [0.3, 0.4) is 0 Å². The third kappa shape index (κ3) is 2.50. The molecule has 18 heavy (non-hydrogen) atoms. The van der Waals surface area contributed by atoms with Crippen LogP contribution in [-0.2, 0) is 6.42 Å². The van der Waals surface area contributed by atoms with Crippen molar-refractivity contribution in [2.75, 3.05) is 0 Å². The lowest BCUT2D eigenvalue weighted by Gasteiger charge is -2.14. The molecule has 1 aliphatic rings. The molecule has 0 aliphatic heterocycles. The van der Waals surface area contributed by atoms with Gasteiger partial charge in [0, 0.05) is 0 Å². The van der Waals surface area contributed by atoms with Crippen LogP contribution in [-0.4, -0.2) is 9.97 Å². The van der Waals surface area contributed by atoms with Crippen molar-refractivity contribution in [1.29, 1.82) is 5.26 Å². The zero-order chi connectivity index (χ0) is 13.3. The number of halogens is 2. The van der Waals surface area contributed by atoms with E-state index in [4.69, 9.17) is 23.2 Å². The number of nitrogens with zero attached hydrogens (tertiary/aromatic N) is 3. The van der Waals surface area contributed by atoms with Gasteiger partial charge in [-0.2, -0.15) is 5.26 Å². The summed E-state index contributed by atoms with van der Waals surface area (Å²) in [5.74, 6) is 0.827. The molecule has 0 bridgehead atoms. The SMILES string of the molecule is CC(C)C1C=C(C#N)c2c(Cl)nc(Cl)nc2CC1. The molecule has 1 heterocycles. The molecular formula is C13H13Cl2N3. The lowest BCUT2D eigenvalue weighted by molar-refractivity contribution is 0.438.